The normalized spacial score (nSPS) is 24.5. The first-order valence-electron chi connectivity index (χ1n) is 6.08. The number of carbonyl (C=O) groups excluding carboxylic acids is 2. The molecule has 2 saturated heterocycles. The first-order chi connectivity index (χ1) is 9.31. The van der Waals surface area contributed by atoms with Crippen molar-refractivity contribution in [3.63, 3.8) is 0 Å². The van der Waals surface area contributed by atoms with Gasteiger partial charge in [-0.2, -0.15) is 0 Å². The molecule has 2 aliphatic rings. The fourth-order valence-corrected chi connectivity index (χ4v) is 3.12. The van der Waals surface area contributed by atoms with Crippen molar-refractivity contribution in [2.45, 2.75) is 25.6 Å². The van der Waals surface area contributed by atoms with Crippen LogP contribution >= 0.6 is 23.2 Å². The minimum Gasteiger partial charge on any atom is -0.353 e. The van der Waals surface area contributed by atoms with E-state index in [0.717, 1.165) is 4.90 Å². The Kier molecular flexibility index (Phi) is 2.97. The highest BCUT2D eigenvalue weighted by Crippen LogP contribution is 2.37. The predicted molar refractivity (Wildman–Crippen MR) is 75.0 cm³/mol. The molecule has 5 nitrogen and oxygen atoms in total. The zero-order chi connectivity index (χ0) is 14.7. The van der Waals surface area contributed by atoms with Gasteiger partial charge in [0, 0.05) is 10.0 Å². The summed E-state index contributed by atoms with van der Waals surface area (Å²) in [7, 11) is 0. The van der Waals surface area contributed by atoms with Crippen molar-refractivity contribution in [2.24, 2.45) is 0 Å². The molecular weight excluding hydrogens is 303 g/mol. The molecule has 2 aliphatic heterocycles. The highest BCUT2D eigenvalue weighted by Gasteiger charge is 2.56. The van der Waals surface area contributed by atoms with E-state index in [4.69, 9.17) is 27.9 Å². The number of ether oxygens (including phenoxy) is 1. The predicted octanol–water partition coefficient (Wildman–Crippen LogP) is 2.90. The average molecular weight is 315 g/mol. The summed E-state index contributed by atoms with van der Waals surface area (Å²) in [5.41, 5.74) is -0.420. The molecular formula is C13H12Cl2N2O3. The Morgan fingerprint density at radius 2 is 1.80 bits per heavy atom. The van der Waals surface area contributed by atoms with E-state index in [1.54, 1.807) is 32.0 Å². The average Bonchev–Trinajstić information content (AvgIpc) is 2.76. The summed E-state index contributed by atoms with van der Waals surface area (Å²) in [5.74, 6) is -0.320. The lowest BCUT2D eigenvalue weighted by Crippen LogP contribution is -2.45. The van der Waals surface area contributed by atoms with Gasteiger partial charge in [-0.3, -0.25) is 9.69 Å². The van der Waals surface area contributed by atoms with E-state index in [2.05, 4.69) is 0 Å². The minimum absolute atomic E-state index is 0.197. The Morgan fingerprint density at radius 1 is 1.20 bits per heavy atom. The number of carbonyl (C=O) groups is 2. The molecule has 3 amide bonds. The molecule has 0 N–H and O–H groups in total. The Bertz CT molecular complexity index is 597. The Morgan fingerprint density at radius 3 is 2.35 bits per heavy atom. The monoisotopic (exact) mass is 314 g/mol. The van der Waals surface area contributed by atoms with Crippen molar-refractivity contribution >= 4 is 40.8 Å². The second kappa shape index (κ2) is 4.35. The minimum atomic E-state index is -0.797. The molecule has 0 aliphatic carbocycles. The van der Waals surface area contributed by atoms with Crippen LogP contribution in [0, 0.1) is 0 Å². The SMILES string of the molecule is CC1(C)OC[C@H]2C(=O)N(c3cc(Cl)cc(Cl)c3)C(=O)N21. The molecule has 1 atom stereocenters. The number of urea groups is 1. The number of amides is 3. The van der Waals surface area contributed by atoms with Gasteiger partial charge in [-0.15, -0.1) is 0 Å². The second-order valence-electron chi connectivity index (χ2n) is 5.23. The van der Waals surface area contributed by atoms with Gasteiger partial charge in [-0.05, 0) is 32.0 Å². The van der Waals surface area contributed by atoms with E-state index in [-0.39, 0.29) is 12.5 Å². The van der Waals surface area contributed by atoms with Crippen molar-refractivity contribution < 1.29 is 14.3 Å². The first-order valence-corrected chi connectivity index (χ1v) is 6.84. The maximum absolute atomic E-state index is 12.5. The van der Waals surface area contributed by atoms with Gasteiger partial charge in [0.25, 0.3) is 5.91 Å². The molecule has 0 aromatic heterocycles. The Balaban J connectivity index is 2.04. The number of nitrogens with zero attached hydrogens (tertiary/aromatic N) is 2. The summed E-state index contributed by atoms with van der Waals surface area (Å²) < 4.78 is 5.49. The number of halogens is 2. The molecule has 0 unspecified atom stereocenters. The van der Waals surface area contributed by atoms with E-state index in [1.165, 1.54) is 4.90 Å². The van der Waals surface area contributed by atoms with Gasteiger partial charge < -0.3 is 4.74 Å². The van der Waals surface area contributed by atoms with Crippen LogP contribution in [0.3, 0.4) is 0 Å². The van der Waals surface area contributed by atoms with Crippen LogP contribution < -0.4 is 4.90 Å². The van der Waals surface area contributed by atoms with Crippen molar-refractivity contribution in [1.29, 1.82) is 0 Å². The largest absolute Gasteiger partial charge is 0.353 e. The molecule has 106 valence electrons. The van der Waals surface area contributed by atoms with Gasteiger partial charge in [0.15, 0.2) is 0 Å². The molecule has 1 aromatic rings. The summed E-state index contributed by atoms with van der Waals surface area (Å²) in [6.45, 7) is 3.71. The van der Waals surface area contributed by atoms with Gasteiger partial charge in [-0.25, -0.2) is 9.69 Å². The van der Waals surface area contributed by atoms with Gasteiger partial charge >= 0.3 is 6.03 Å². The lowest BCUT2D eigenvalue weighted by Gasteiger charge is -2.28. The molecule has 0 spiro atoms. The van der Waals surface area contributed by atoms with Crippen LogP contribution in [0.1, 0.15) is 13.8 Å². The standard InChI is InChI=1S/C13H12Cl2N2O3/c1-13(2)17-10(6-20-13)11(18)16(12(17)19)9-4-7(14)3-8(15)5-9/h3-5,10H,6H2,1-2H3/t10-/m0/s1. The van der Waals surface area contributed by atoms with Crippen LogP contribution in [0.2, 0.25) is 10.0 Å². The number of imide groups is 1. The summed E-state index contributed by atoms with van der Waals surface area (Å²) >= 11 is 11.9. The number of fused-ring (bicyclic) bond motifs is 1. The maximum Gasteiger partial charge on any atom is 0.334 e. The Hall–Kier alpha value is -1.30. The lowest BCUT2D eigenvalue weighted by molar-refractivity contribution is -0.119. The highest BCUT2D eigenvalue weighted by atomic mass is 35.5. The molecule has 7 heteroatoms. The van der Waals surface area contributed by atoms with E-state index in [1.807, 2.05) is 0 Å². The zero-order valence-electron chi connectivity index (χ0n) is 10.9. The summed E-state index contributed by atoms with van der Waals surface area (Å²) in [4.78, 5) is 27.5. The number of rotatable bonds is 1. The van der Waals surface area contributed by atoms with E-state index >= 15 is 0 Å². The summed E-state index contributed by atoms with van der Waals surface area (Å²) in [5, 5.41) is 0.742. The van der Waals surface area contributed by atoms with Crippen LogP contribution in [0.25, 0.3) is 0 Å². The molecule has 0 bridgehead atoms. The van der Waals surface area contributed by atoms with Crippen molar-refractivity contribution in [2.75, 3.05) is 11.5 Å². The van der Waals surface area contributed by atoms with Crippen LogP contribution in [0.4, 0.5) is 10.5 Å². The molecule has 2 fully saturated rings. The number of benzene rings is 1. The van der Waals surface area contributed by atoms with Crippen LogP contribution in [0.5, 0.6) is 0 Å². The number of hydrogen-bond acceptors (Lipinski definition) is 3. The van der Waals surface area contributed by atoms with E-state index in [9.17, 15) is 9.59 Å². The third kappa shape index (κ3) is 1.89. The molecule has 1 aromatic carbocycles. The van der Waals surface area contributed by atoms with Crippen molar-refractivity contribution in [3.05, 3.63) is 28.2 Å². The van der Waals surface area contributed by atoms with Crippen molar-refractivity contribution in [1.82, 2.24) is 4.90 Å². The fourth-order valence-electron chi connectivity index (χ4n) is 2.60. The van der Waals surface area contributed by atoms with E-state index < -0.39 is 17.8 Å². The van der Waals surface area contributed by atoms with E-state index in [0.29, 0.717) is 15.7 Å². The fraction of sp³-hybridized carbons (Fsp3) is 0.385. The van der Waals surface area contributed by atoms with Gasteiger partial charge in [-0.1, -0.05) is 23.2 Å². The summed E-state index contributed by atoms with van der Waals surface area (Å²) in [6, 6.07) is 3.63. The third-order valence-corrected chi connectivity index (χ3v) is 3.93. The highest BCUT2D eigenvalue weighted by molar-refractivity contribution is 6.35. The van der Waals surface area contributed by atoms with Gasteiger partial charge in [0.05, 0.1) is 12.3 Å². The molecule has 20 heavy (non-hydrogen) atoms. The first kappa shape index (κ1) is 13.7. The quantitative estimate of drug-likeness (QED) is 0.749. The van der Waals surface area contributed by atoms with Crippen LogP contribution in [-0.2, 0) is 9.53 Å². The molecule has 2 heterocycles. The topological polar surface area (TPSA) is 49.9 Å². The van der Waals surface area contributed by atoms with Gasteiger partial charge in [0.2, 0.25) is 0 Å². The third-order valence-electron chi connectivity index (χ3n) is 3.49. The molecule has 0 saturated carbocycles. The lowest BCUT2D eigenvalue weighted by atomic mass is 10.2. The smallest absolute Gasteiger partial charge is 0.334 e. The van der Waals surface area contributed by atoms with Gasteiger partial charge in [0.1, 0.15) is 11.8 Å². The van der Waals surface area contributed by atoms with Crippen molar-refractivity contribution in [3.8, 4) is 0 Å². The Labute approximate surface area is 126 Å². The zero-order valence-corrected chi connectivity index (χ0v) is 12.4. The second-order valence-corrected chi connectivity index (χ2v) is 6.10. The van der Waals surface area contributed by atoms with Crippen LogP contribution in [0.15, 0.2) is 18.2 Å². The number of hydrogen-bond donors (Lipinski definition) is 0. The summed E-state index contributed by atoms with van der Waals surface area (Å²) in [6.07, 6.45) is 0. The molecule has 0 radical (unpaired) electrons. The number of anilines is 1. The maximum atomic E-state index is 12.5. The van der Waals surface area contributed by atoms with Crippen LogP contribution in [-0.4, -0.2) is 35.2 Å². The molecule has 3 rings (SSSR count).